The zero-order valence-corrected chi connectivity index (χ0v) is 15.5. The fourth-order valence-electron chi connectivity index (χ4n) is 3.73. The third-order valence-electron chi connectivity index (χ3n) is 5.40. The van der Waals surface area contributed by atoms with Gasteiger partial charge in [0.2, 0.25) is 0 Å². The highest BCUT2D eigenvalue weighted by Gasteiger charge is 2.41. The predicted molar refractivity (Wildman–Crippen MR) is 99.2 cm³/mol. The molecule has 1 saturated heterocycles. The molecule has 26 heavy (non-hydrogen) atoms. The van der Waals surface area contributed by atoms with Gasteiger partial charge in [-0.15, -0.1) is 0 Å². The van der Waals surface area contributed by atoms with Crippen molar-refractivity contribution in [2.45, 2.75) is 50.5 Å². The lowest BCUT2D eigenvalue weighted by Crippen LogP contribution is -2.42. The van der Waals surface area contributed by atoms with Gasteiger partial charge in [0.25, 0.3) is 11.8 Å². The second kappa shape index (κ2) is 8.54. The minimum atomic E-state index is -0.698. The van der Waals surface area contributed by atoms with E-state index in [2.05, 4.69) is 5.32 Å². The summed E-state index contributed by atoms with van der Waals surface area (Å²) in [5.41, 5.74) is 0.00350. The number of anilines is 1. The van der Waals surface area contributed by atoms with E-state index in [9.17, 15) is 9.59 Å². The molecule has 0 radical (unpaired) electrons. The molecule has 0 unspecified atom stereocenters. The molecule has 1 heterocycles. The van der Waals surface area contributed by atoms with E-state index < -0.39 is 5.60 Å². The molecule has 0 aromatic heterocycles. The average molecular weight is 360 g/mol. The van der Waals surface area contributed by atoms with Crippen molar-refractivity contribution in [2.24, 2.45) is 0 Å². The number of hydrogen-bond acceptors (Lipinski definition) is 4. The molecular weight excluding hydrogens is 332 g/mol. The smallest absolute Gasteiger partial charge is 0.260 e. The van der Waals surface area contributed by atoms with E-state index in [0.717, 1.165) is 51.6 Å². The minimum Gasteiger partial charge on any atom is -0.484 e. The van der Waals surface area contributed by atoms with Crippen molar-refractivity contribution < 1.29 is 19.1 Å². The molecule has 6 heteroatoms. The number of piperidine rings is 1. The number of hydrogen-bond donors (Lipinski definition) is 1. The fraction of sp³-hybridized carbons (Fsp3) is 0.600. The molecule has 1 N–H and O–H groups in total. The van der Waals surface area contributed by atoms with E-state index in [1.165, 1.54) is 6.42 Å². The van der Waals surface area contributed by atoms with Crippen LogP contribution >= 0.6 is 0 Å². The number of amides is 2. The Morgan fingerprint density at radius 2 is 1.69 bits per heavy atom. The summed E-state index contributed by atoms with van der Waals surface area (Å²) in [7, 11) is 1.60. The van der Waals surface area contributed by atoms with Gasteiger partial charge in [-0.3, -0.25) is 9.59 Å². The van der Waals surface area contributed by atoms with E-state index >= 15 is 0 Å². The highest BCUT2D eigenvalue weighted by molar-refractivity contribution is 5.97. The van der Waals surface area contributed by atoms with Gasteiger partial charge < -0.3 is 19.7 Å². The Balaban J connectivity index is 1.50. The van der Waals surface area contributed by atoms with Gasteiger partial charge >= 0.3 is 0 Å². The lowest BCUT2D eigenvalue weighted by atomic mass is 10.0. The summed E-state index contributed by atoms with van der Waals surface area (Å²) in [5, 5.41) is 2.92. The normalized spacial score (nSPS) is 19.2. The van der Waals surface area contributed by atoms with E-state index in [4.69, 9.17) is 9.47 Å². The molecule has 1 aliphatic heterocycles. The Morgan fingerprint density at radius 1 is 1.04 bits per heavy atom. The molecule has 1 saturated carbocycles. The van der Waals surface area contributed by atoms with Crippen LogP contribution in [-0.2, 0) is 14.3 Å². The Morgan fingerprint density at radius 3 is 2.31 bits per heavy atom. The molecule has 0 atom stereocenters. The van der Waals surface area contributed by atoms with Crippen molar-refractivity contribution in [2.75, 3.05) is 32.1 Å². The van der Waals surface area contributed by atoms with E-state index in [1.807, 2.05) is 4.90 Å². The van der Waals surface area contributed by atoms with Crippen LogP contribution in [0.4, 0.5) is 5.69 Å². The first-order valence-electron chi connectivity index (χ1n) is 9.50. The second-order valence-corrected chi connectivity index (χ2v) is 7.11. The molecule has 0 spiro atoms. The van der Waals surface area contributed by atoms with Gasteiger partial charge in [-0.1, -0.05) is 0 Å². The Hall–Kier alpha value is -2.08. The SMILES string of the molecule is COC1(C(=O)Nc2ccc(OCC(=O)N3CCCCC3)cc2)CCCC1. The summed E-state index contributed by atoms with van der Waals surface area (Å²) in [6, 6.07) is 7.12. The Kier molecular flexibility index (Phi) is 6.14. The highest BCUT2D eigenvalue weighted by Crippen LogP contribution is 2.33. The summed E-state index contributed by atoms with van der Waals surface area (Å²) in [4.78, 5) is 26.5. The maximum atomic E-state index is 12.5. The molecule has 2 amide bonds. The Bertz CT molecular complexity index is 617. The van der Waals surface area contributed by atoms with E-state index in [1.54, 1.807) is 31.4 Å². The van der Waals surface area contributed by atoms with Crippen molar-refractivity contribution in [3.05, 3.63) is 24.3 Å². The molecule has 1 aliphatic carbocycles. The van der Waals surface area contributed by atoms with Crippen molar-refractivity contribution in [1.82, 2.24) is 4.90 Å². The molecule has 1 aromatic carbocycles. The summed E-state index contributed by atoms with van der Waals surface area (Å²) in [6.45, 7) is 1.71. The topological polar surface area (TPSA) is 67.9 Å². The van der Waals surface area contributed by atoms with Gasteiger partial charge in [-0.05, 0) is 69.2 Å². The van der Waals surface area contributed by atoms with Crippen LogP contribution in [0.5, 0.6) is 5.75 Å². The number of methoxy groups -OCH3 is 1. The number of rotatable bonds is 6. The summed E-state index contributed by atoms with van der Waals surface area (Å²) in [5.74, 6) is 0.562. The number of nitrogens with zero attached hydrogens (tertiary/aromatic N) is 1. The van der Waals surface area contributed by atoms with Crippen LogP contribution in [0.3, 0.4) is 0 Å². The van der Waals surface area contributed by atoms with Crippen molar-refractivity contribution in [1.29, 1.82) is 0 Å². The van der Waals surface area contributed by atoms with E-state index in [0.29, 0.717) is 11.4 Å². The zero-order chi connectivity index (χ0) is 18.4. The largest absolute Gasteiger partial charge is 0.484 e. The first-order chi connectivity index (χ1) is 12.6. The first-order valence-corrected chi connectivity index (χ1v) is 9.50. The predicted octanol–water partition coefficient (Wildman–Crippen LogP) is 2.98. The number of nitrogens with one attached hydrogen (secondary N) is 1. The third kappa shape index (κ3) is 4.36. The van der Waals surface area contributed by atoms with Gasteiger partial charge in [0.1, 0.15) is 11.4 Å². The first kappa shape index (κ1) is 18.7. The average Bonchev–Trinajstić information content (AvgIpc) is 3.18. The van der Waals surface area contributed by atoms with Crippen molar-refractivity contribution in [3.63, 3.8) is 0 Å². The zero-order valence-electron chi connectivity index (χ0n) is 15.5. The number of carbonyl (C=O) groups excluding carboxylic acids is 2. The van der Waals surface area contributed by atoms with Crippen molar-refractivity contribution >= 4 is 17.5 Å². The number of likely N-dealkylation sites (tertiary alicyclic amines) is 1. The van der Waals surface area contributed by atoms with Gasteiger partial charge in [0, 0.05) is 25.9 Å². The third-order valence-corrected chi connectivity index (χ3v) is 5.40. The standard InChI is InChI=1S/C20H28N2O4/c1-25-20(11-3-4-12-20)19(24)21-16-7-9-17(10-8-16)26-15-18(23)22-13-5-2-6-14-22/h7-10H,2-6,11-15H2,1H3,(H,21,24). The fourth-order valence-corrected chi connectivity index (χ4v) is 3.73. The van der Waals surface area contributed by atoms with Crippen LogP contribution in [0.25, 0.3) is 0 Å². The molecular formula is C20H28N2O4. The lowest BCUT2D eigenvalue weighted by molar-refractivity contribution is -0.137. The monoisotopic (exact) mass is 360 g/mol. The summed E-state index contributed by atoms with van der Waals surface area (Å²) >= 11 is 0. The summed E-state index contributed by atoms with van der Waals surface area (Å²) in [6.07, 6.45) is 6.89. The molecule has 142 valence electrons. The molecule has 2 fully saturated rings. The van der Waals surface area contributed by atoms with Crippen LogP contribution in [-0.4, -0.2) is 49.1 Å². The van der Waals surface area contributed by atoms with Gasteiger partial charge in [-0.25, -0.2) is 0 Å². The van der Waals surface area contributed by atoms with Crippen LogP contribution in [0.15, 0.2) is 24.3 Å². The van der Waals surface area contributed by atoms with Crippen LogP contribution in [0.1, 0.15) is 44.9 Å². The highest BCUT2D eigenvalue weighted by atomic mass is 16.5. The number of carbonyl (C=O) groups is 2. The molecule has 6 nitrogen and oxygen atoms in total. The number of benzene rings is 1. The van der Waals surface area contributed by atoms with Crippen LogP contribution < -0.4 is 10.1 Å². The summed E-state index contributed by atoms with van der Waals surface area (Å²) < 4.78 is 11.1. The van der Waals surface area contributed by atoms with Gasteiger partial charge in [0.05, 0.1) is 0 Å². The van der Waals surface area contributed by atoms with Crippen LogP contribution in [0, 0.1) is 0 Å². The Labute approximate surface area is 154 Å². The quantitative estimate of drug-likeness (QED) is 0.847. The minimum absolute atomic E-state index is 0.0327. The maximum absolute atomic E-state index is 12.5. The number of ether oxygens (including phenoxy) is 2. The van der Waals surface area contributed by atoms with Crippen molar-refractivity contribution in [3.8, 4) is 5.75 Å². The van der Waals surface area contributed by atoms with E-state index in [-0.39, 0.29) is 18.4 Å². The second-order valence-electron chi connectivity index (χ2n) is 7.11. The molecule has 3 rings (SSSR count). The maximum Gasteiger partial charge on any atom is 0.260 e. The van der Waals surface area contributed by atoms with Gasteiger partial charge in [-0.2, -0.15) is 0 Å². The molecule has 2 aliphatic rings. The lowest BCUT2D eigenvalue weighted by Gasteiger charge is -2.26. The van der Waals surface area contributed by atoms with Crippen LogP contribution in [0.2, 0.25) is 0 Å². The molecule has 1 aromatic rings. The molecule has 0 bridgehead atoms. The van der Waals surface area contributed by atoms with Gasteiger partial charge in [0.15, 0.2) is 6.61 Å².